The van der Waals surface area contributed by atoms with E-state index in [-0.39, 0.29) is 56.5 Å². The van der Waals surface area contributed by atoms with Crippen LogP contribution in [0.2, 0.25) is 0 Å². The molecule has 0 radical (unpaired) electrons. The zero-order chi connectivity index (χ0) is 49.0. The van der Waals surface area contributed by atoms with Crippen molar-refractivity contribution in [2.45, 2.75) is 95.0 Å². The number of para-hydroxylation sites is 1. The van der Waals surface area contributed by atoms with Gasteiger partial charge in [0.1, 0.15) is 42.1 Å². The van der Waals surface area contributed by atoms with Crippen LogP contribution in [-0.2, 0) is 46.3 Å². The molecule has 0 saturated carbocycles. The van der Waals surface area contributed by atoms with Gasteiger partial charge in [0, 0.05) is 48.8 Å². The number of carbonyl (C=O) groups is 6. The summed E-state index contributed by atoms with van der Waals surface area (Å²) in [6.07, 6.45) is -0.0897. The Kier molecular flexibility index (Phi) is 16.4. The summed E-state index contributed by atoms with van der Waals surface area (Å²) in [5.41, 5.74) is 16.3. The number of aromatic nitrogens is 1. The number of hydrogen-bond acceptors (Lipinski definition) is 10. The van der Waals surface area contributed by atoms with Gasteiger partial charge in [0.25, 0.3) is 0 Å². The molecular weight excluding hydrogens is 873 g/mol. The third-order valence-corrected chi connectivity index (χ3v) is 11.3. The second-order valence-electron chi connectivity index (χ2n) is 17.6. The molecule has 358 valence electrons. The van der Waals surface area contributed by atoms with Gasteiger partial charge in [-0.05, 0) is 91.6 Å². The number of phenolic OH excluding ortho intramolecular Hbond substituents is 1. The summed E-state index contributed by atoms with van der Waals surface area (Å²) in [6.45, 7) is 5.00. The van der Waals surface area contributed by atoms with Gasteiger partial charge < -0.3 is 57.4 Å². The molecule has 0 bridgehead atoms. The number of guanidine groups is 1. The number of carboxylic acid groups (broad SMARTS) is 1. The van der Waals surface area contributed by atoms with Gasteiger partial charge in [-0.1, -0.05) is 78.9 Å². The van der Waals surface area contributed by atoms with E-state index < -0.39 is 78.4 Å². The first-order chi connectivity index (χ1) is 32.4. The first-order valence-electron chi connectivity index (χ1n) is 22.3. The maximum atomic E-state index is 14.5. The molecular formula is C50H58N8O10. The third-order valence-electron chi connectivity index (χ3n) is 11.3. The van der Waals surface area contributed by atoms with Gasteiger partial charge in [0.15, 0.2) is 5.96 Å². The smallest absolute Gasteiger partial charge is 0.407 e. The SMILES string of the molecule is CC(C)(C)OC(=O)[C@H](Cc1ccc(O)cc1)NC(=O)[C@H](CCC(=O)O)NC(=O)[C@H](CCCN=C(N)N)NC(=O)[C@H](Cc1c[nH]c2ccccc12)NC(=O)OCC1c2ccccc2-c2ccccc21. The minimum atomic E-state index is -1.51. The fourth-order valence-corrected chi connectivity index (χ4v) is 8.07. The summed E-state index contributed by atoms with van der Waals surface area (Å²) < 4.78 is 11.4. The van der Waals surface area contributed by atoms with Crippen LogP contribution in [0.15, 0.2) is 108 Å². The quantitative estimate of drug-likeness (QED) is 0.0216. The number of aromatic amines is 1. The number of nitrogens with one attached hydrogen (secondary N) is 5. The topological polar surface area (TPSA) is 290 Å². The average Bonchev–Trinajstić information content (AvgIpc) is 3.85. The highest BCUT2D eigenvalue weighted by Crippen LogP contribution is 2.44. The molecule has 1 aliphatic rings. The molecule has 18 heteroatoms. The molecule has 11 N–H and O–H groups in total. The molecule has 0 fully saturated rings. The number of rotatable bonds is 21. The van der Waals surface area contributed by atoms with E-state index in [4.69, 9.17) is 20.9 Å². The van der Waals surface area contributed by atoms with Crippen molar-refractivity contribution in [2.75, 3.05) is 13.2 Å². The second-order valence-corrected chi connectivity index (χ2v) is 17.6. The third kappa shape index (κ3) is 13.6. The Labute approximate surface area is 393 Å². The fraction of sp³-hybridized carbons (Fsp3) is 0.340. The molecule has 5 aromatic rings. The molecule has 18 nitrogen and oxygen atoms in total. The second kappa shape index (κ2) is 22.5. The number of aromatic hydroxyl groups is 1. The molecule has 1 aromatic heterocycles. The van der Waals surface area contributed by atoms with E-state index in [1.165, 1.54) is 12.1 Å². The number of fused-ring (bicyclic) bond motifs is 4. The van der Waals surface area contributed by atoms with Crippen molar-refractivity contribution in [1.82, 2.24) is 26.3 Å². The monoisotopic (exact) mass is 930 g/mol. The van der Waals surface area contributed by atoms with Crippen LogP contribution >= 0.6 is 0 Å². The highest BCUT2D eigenvalue weighted by atomic mass is 16.6. The van der Waals surface area contributed by atoms with Crippen LogP contribution in [0, 0.1) is 0 Å². The first kappa shape index (κ1) is 49.5. The standard InChI is InChI=1S/C50H58N8O10/c1-50(2,3)68-47(65)42(25-29-18-20-31(59)21-19-29)57-45(63)40(22-23-43(60)61)56-44(62)39(17-10-24-53-48(51)52)55-46(64)41(26-30-27-54-38-16-9-8-11-32(30)38)58-49(66)67-28-37-35-14-6-4-12-33(35)34-13-5-7-15-36(34)37/h4-9,11-16,18-21,27,37,39-42,54,59H,10,17,22-26,28H2,1-3H3,(H,55,64)(H,56,62)(H,57,63)(H,58,66)(H,60,61)(H4,51,52,53)/t39-,40-,41-,42-/m0/s1. The molecule has 68 heavy (non-hydrogen) atoms. The Morgan fingerprint density at radius 2 is 1.29 bits per heavy atom. The number of hydrogen-bond donors (Lipinski definition) is 9. The van der Waals surface area contributed by atoms with Gasteiger partial charge in [-0.2, -0.15) is 0 Å². The minimum Gasteiger partial charge on any atom is -0.508 e. The number of H-pyrrole nitrogens is 1. The zero-order valence-electron chi connectivity index (χ0n) is 38.1. The molecule has 0 spiro atoms. The number of amides is 4. The lowest BCUT2D eigenvalue weighted by molar-refractivity contribution is -0.158. The van der Waals surface area contributed by atoms with Gasteiger partial charge in [0.05, 0.1) is 0 Å². The number of ether oxygens (including phenoxy) is 2. The predicted octanol–water partition coefficient (Wildman–Crippen LogP) is 4.28. The summed E-state index contributed by atoms with van der Waals surface area (Å²) in [7, 11) is 0. The number of nitrogens with two attached hydrogens (primary N) is 2. The Hall–Kier alpha value is -7.89. The summed E-state index contributed by atoms with van der Waals surface area (Å²) in [6, 6.07) is 23.6. The number of carbonyl (C=O) groups excluding carboxylic acids is 5. The van der Waals surface area contributed by atoms with Crippen LogP contribution in [-0.4, -0.2) is 99.8 Å². The van der Waals surface area contributed by atoms with E-state index in [1.54, 1.807) is 39.1 Å². The molecule has 0 unspecified atom stereocenters. The first-order valence-corrected chi connectivity index (χ1v) is 22.3. The molecule has 1 aliphatic carbocycles. The maximum Gasteiger partial charge on any atom is 0.407 e. The van der Waals surface area contributed by atoms with E-state index in [1.807, 2.05) is 72.8 Å². The highest BCUT2D eigenvalue weighted by Gasteiger charge is 2.35. The highest BCUT2D eigenvalue weighted by molar-refractivity contribution is 5.95. The van der Waals surface area contributed by atoms with Gasteiger partial charge >= 0.3 is 18.0 Å². The number of alkyl carbamates (subject to hydrolysis) is 1. The number of esters is 1. The van der Waals surface area contributed by atoms with Gasteiger partial charge in [-0.25, -0.2) is 9.59 Å². The Bertz CT molecular complexity index is 2590. The van der Waals surface area contributed by atoms with Crippen LogP contribution in [0.1, 0.15) is 74.6 Å². The molecule has 6 rings (SSSR count). The van der Waals surface area contributed by atoms with E-state index in [2.05, 4.69) is 31.2 Å². The number of nitrogens with zero attached hydrogens (tertiary/aromatic N) is 1. The lowest BCUT2D eigenvalue weighted by Gasteiger charge is -2.28. The number of phenols is 1. The van der Waals surface area contributed by atoms with E-state index >= 15 is 0 Å². The Morgan fingerprint density at radius 3 is 1.91 bits per heavy atom. The van der Waals surface area contributed by atoms with Gasteiger partial charge in [-0.3, -0.25) is 24.2 Å². The molecule has 4 aromatic carbocycles. The number of aliphatic imine (C=N–C) groups is 1. The summed E-state index contributed by atoms with van der Waals surface area (Å²) in [4.78, 5) is 89.0. The van der Waals surface area contributed by atoms with E-state index in [9.17, 15) is 39.0 Å². The predicted molar refractivity (Wildman–Crippen MR) is 254 cm³/mol. The molecule has 4 atom stereocenters. The van der Waals surface area contributed by atoms with Crippen LogP contribution in [0.25, 0.3) is 22.0 Å². The minimum absolute atomic E-state index is 0.0136. The van der Waals surface area contributed by atoms with E-state index in [0.29, 0.717) is 11.1 Å². The summed E-state index contributed by atoms with van der Waals surface area (Å²) in [5.74, 6) is -5.05. The normalized spacial score (nSPS) is 13.7. The number of carboxylic acids is 1. The van der Waals surface area contributed by atoms with Gasteiger partial charge in [-0.15, -0.1) is 0 Å². The van der Waals surface area contributed by atoms with Crippen molar-refractivity contribution in [3.05, 3.63) is 126 Å². The van der Waals surface area contributed by atoms with Crippen molar-refractivity contribution in [2.24, 2.45) is 16.5 Å². The van der Waals surface area contributed by atoms with Gasteiger partial charge in [0.2, 0.25) is 17.7 Å². The van der Waals surface area contributed by atoms with Crippen LogP contribution in [0.3, 0.4) is 0 Å². The number of benzene rings is 4. The van der Waals surface area contributed by atoms with Crippen molar-refractivity contribution < 1.29 is 48.5 Å². The molecule has 1 heterocycles. The average molecular weight is 931 g/mol. The number of aliphatic carboxylic acids is 1. The lowest BCUT2D eigenvalue weighted by atomic mass is 9.98. The molecule has 0 saturated heterocycles. The van der Waals surface area contributed by atoms with Crippen LogP contribution in [0.4, 0.5) is 4.79 Å². The lowest BCUT2D eigenvalue weighted by Crippen LogP contribution is -2.58. The maximum absolute atomic E-state index is 14.5. The van der Waals surface area contributed by atoms with E-state index in [0.717, 1.165) is 33.2 Å². The van der Waals surface area contributed by atoms with Crippen molar-refractivity contribution >= 4 is 52.6 Å². The van der Waals surface area contributed by atoms with Crippen molar-refractivity contribution in [3.8, 4) is 16.9 Å². The fourth-order valence-electron chi connectivity index (χ4n) is 8.07. The zero-order valence-corrected chi connectivity index (χ0v) is 38.1. The summed E-state index contributed by atoms with van der Waals surface area (Å²) in [5, 5.41) is 30.9. The van der Waals surface area contributed by atoms with Crippen molar-refractivity contribution in [3.63, 3.8) is 0 Å². The summed E-state index contributed by atoms with van der Waals surface area (Å²) >= 11 is 0. The van der Waals surface area contributed by atoms with Crippen LogP contribution in [0.5, 0.6) is 5.75 Å². The molecule has 0 aliphatic heterocycles. The largest absolute Gasteiger partial charge is 0.508 e. The Balaban J connectivity index is 1.23. The van der Waals surface area contributed by atoms with Crippen LogP contribution < -0.4 is 32.7 Å². The molecule has 4 amide bonds. The Morgan fingerprint density at radius 1 is 0.721 bits per heavy atom. The van der Waals surface area contributed by atoms with Crippen molar-refractivity contribution in [1.29, 1.82) is 0 Å².